The quantitative estimate of drug-likeness (QED) is 0.492. The van der Waals surface area contributed by atoms with Gasteiger partial charge in [-0.3, -0.25) is 4.79 Å². The van der Waals surface area contributed by atoms with Crippen molar-refractivity contribution in [2.24, 2.45) is 5.10 Å². The monoisotopic (exact) mass is 321 g/mol. The van der Waals surface area contributed by atoms with Crippen molar-refractivity contribution in [2.75, 3.05) is 6.26 Å². The Labute approximate surface area is 132 Å². The number of nitrogens with zero attached hydrogens (tertiary/aromatic N) is 3. The Hall–Kier alpha value is -1.14. The van der Waals surface area contributed by atoms with Crippen LogP contribution in [0.5, 0.6) is 0 Å². The summed E-state index contributed by atoms with van der Waals surface area (Å²) in [5.74, 6) is 0. The van der Waals surface area contributed by atoms with Gasteiger partial charge in [0.2, 0.25) is 0 Å². The van der Waals surface area contributed by atoms with Crippen LogP contribution in [0.2, 0.25) is 0 Å². The van der Waals surface area contributed by atoms with E-state index in [1.807, 2.05) is 20.1 Å². The van der Waals surface area contributed by atoms with E-state index in [-0.39, 0.29) is 5.56 Å². The Balaban J connectivity index is 2.32. The van der Waals surface area contributed by atoms with Gasteiger partial charge in [-0.25, -0.2) is 4.98 Å². The molecule has 6 heteroatoms. The molecule has 0 bridgehead atoms. The second kappa shape index (κ2) is 5.93. The molecule has 0 aliphatic heterocycles. The van der Waals surface area contributed by atoms with Crippen LogP contribution in [-0.2, 0) is 12.8 Å². The van der Waals surface area contributed by atoms with Crippen LogP contribution >= 0.6 is 23.1 Å². The summed E-state index contributed by atoms with van der Waals surface area (Å²) in [7, 11) is 0. The first-order chi connectivity index (χ1) is 10.2. The second-order valence-electron chi connectivity index (χ2n) is 5.30. The van der Waals surface area contributed by atoms with E-state index in [1.54, 1.807) is 11.3 Å². The van der Waals surface area contributed by atoms with Crippen LogP contribution < -0.4 is 5.56 Å². The zero-order valence-corrected chi connectivity index (χ0v) is 14.2. The molecule has 2 heterocycles. The van der Waals surface area contributed by atoms with Gasteiger partial charge in [-0.2, -0.15) is 9.78 Å². The summed E-state index contributed by atoms with van der Waals surface area (Å²) in [5.41, 5.74) is 2.17. The fourth-order valence-corrected chi connectivity index (χ4v) is 4.43. The SMILES string of the molecule is CC/C(C)=N\n1c(SC)nc2sc3c(c2c1=O)CCCC3. The largest absolute Gasteiger partial charge is 0.283 e. The molecule has 0 fully saturated rings. The number of aromatic nitrogens is 2. The van der Waals surface area contributed by atoms with Crippen molar-refractivity contribution < 1.29 is 0 Å². The number of hydrogen-bond donors (Lipinski definition) is 0. The molecule has 0 unspecified atom stereocenters. The molecule has 0 aromatic carbocycles. The van der Waals surface area contributed by atoms with Gasteiger partial charge in [0.1, 0.15) is 4.83 Å². The highest BCUT2D eigenvalue weighted by atomic mass is 32.2. The number of fused-ring (bicyclic) bond motifs is 3. The lowest BCUT2D eigenvalue weighted by atomic mass is 9.97. The summed E-state index contributed by atoms with van der Waals surface area (Å²) in [6.45, 7) is 3.99. The van der Waals surface area contributed by atoms with Crippen molar-refractivity contribution in [3.8, 4) is 0 Å². The molecule has 1 aliphatic carbocycles. The molecule has 0 amide bonds. The van der Waals surface area contributed by atoms with Crippen molar-refractivity contribution in [1.29, 1.82) is 0 Å². The third-order valence-electron chi connectivity index (χ3n) is 3.90. The molecule has 112 valence electrons. The summed E-state index contributed by atoms with van der Waals surface area (Å²) in [5, 5.41) is 5.95. The minimum atomic E-state index is -0.00319. The van der Waals surface area contributed by atoms with Gasteiger partial charge >= 0.3 is 0 Å². The van der Waals surface area contributed by atoms with Crippen molar-refractivity contribution in [2.45, 2.75) is 51.1 Å². The first-order valence-electron chi connectivity index (χ1n) is 7.31. The topological polar surface area (TPSA) is 47.2 Å². The van der Waals surface area contributed by atoms with Crippen molar-refractivity contribution in [3.63, 3.8) is 0 Å². The molecule has 0 atom stereocenters. The number of rotatable bonds is 3. The number of hydrogen-bond acceptors (Lipinski definition) is 5. The van der Waals surface area contributed by atoms with Crippen LogP contribution in [0.3, 0.4) is 0 Å². The number of aryl methyl sites for hydroxylation is 2. The Morgan fingerprint density at radius 1 is 1.43 bits per heavy atom. The first kappa shape index (κ1) is 14.8. The maximum absolute atomic E-state index is 12.9. The highest BCUT2D eigenvalue weighted by Gasteiger charge is 2.21. The average molecular weight is 321 g/mol. The van der Waals surface area contributed by atoms with E-state index >= 15 is 0 Å². The van der Waals surface area contributed by atoms with Crippen LogP contribution in [0.15, 0.2) is 15.1 Å². The minimum Gasteiger partial charge on any atom is -0.267 e. The van der Waals surface area contributed by atoms with E-state index in [0.717, 1.165) is 35.2 Å². The standard InChI is InChI=1S/C15H19N3OS2/c1-4-9(2)17-18-14(19)12-10-7-5-6-8-11(10)21-13(12)16-15(18)20-3/h4-8H2,1-3H3/b17-9-. The van der Waals surface area contributed by atoms with Crippen molar-refractivity contribution in [1.82, 2.24) is 9.66 Å². The summed E-state index contributed by atoms with van der Waals surface area (Å²) in [6.07, 6.45) is 7.24. The van der Waals surface area contributed by atoms with E-state index in [4.69, 9.17) is 0 Å². The zero-order chi connectivity index (χ0) is 15.0. The van der Waals surface area contributed by atoms with Crippen LogP contribution in [0.1, 0.15) is 43.6 Å². The van der Waals surface area contributed by atoms with Gasteiger partial charge in [-0.05, 0) is 50.8 Å². The molecule has 2 aromatic rings. The molecular formula is C15H19N3OS2. The smallest absolute Gasteiger partial charge is 0.267 e. The van der Waals surface area contributed by atoms with Crippen LogP contribution in [-0.4, -0.2) is 21.6 Å². The summed E-state index contributed by atoms with van der Waals surface area (Å²) < 4.78 is 1.49. The molecule has 0 radical (unpaired) electrons. The molecule has 21 heavy (non-hydrogen) atoms. The number of thiophene rings is 1. The maximum Gasteiger partial charge on any atom is 0.283 e. The Morgan fingerprint density at radius 2 is 2.19 bits per heavy atom. The third-order valence-corrected chi connectivity index (χ3v) is 5.72. The van der Waals surface area contributed by atoms with Gasteiger partial charge in [0.15, 0.2) is 5.16 Å². The van der Waals surface area contributed by atoms with E-state index in [1.165, 1.54) is 39.7 Å². The Bertz CT molecular complexity index is 773. The zero-order valence-electron chi connectivity index (χ0n) is 12.6. The van der Waals surface area contributed by atoms with Crippen LogP contribution in [0, 0.1) is 0 Å². The van der Waals surface area contributed by atoms with Gasteiger partial charge in [0.25, 0.3) is 5.56 Å². The Morgan fingerprint density at radius 3 is 2.90 bits per heavy atom. The first-order valence-corrected chi connectivity index (χ1v) is 9.35. The highest BCUT2D eigenvalue weighted by molar-refractivity contribution is 7.98. The predicted octanol–water partition coefficient (Wildman–Crippen LogP) is 3.69. The highest BCUT2D eigenvalue weighted by Crippen LogP contribution is 2.34. The van der Waals surface area contributed by atoms with Crippen molar-refractivity contribution in [3.05, 3.63) is 20.8 Å². The molecule has 0 saturated heterocycles. The fourth-order valence-electron chi connectivity index (χ4n) is 2.64. The second-order valence-corrected chi connectivity index (χ2v) is 7.15. The van der Waals surface area contributed by atoms with E-state index in [0.29, 0.717) is 5.16 Å². The number of thioether (sulfide) groups is 1. The lowest BCUT2D eigenvalue weighted by Crippen LogP contribution is -2.21. The average Bonchev–Trinajstić information content (AvgIpc) is 2.87. The molecule has 0 N–H and O–H groups in total. The minimum absolute atomic E-state index is 0.00319. The fraction of sp³-hybridized carbons (Fsp3) is 0.533. The lowest BCUT2D eigenvalue weighted by Gasteiger charge is -2.10. The molecule has 3 rings (SSSR count). The van der Waals surface area contributed by atoms with E-state index < -0.39 is 0 Å². The molecule has 4 nitrogen and oxygen atoms in total. The maximum atomic E-state index is 12.9. The molecule has 1 aliphatic rings. The van der Waals surface area contributed by atoms with Gasteiger partial charge in [0.05, 0.1) is 5.39 Å². The molecule has 0 spiro atoms. The van der Waals surface area contributed by atoms with E-state index in [9.17, 15) is 4.79 Å². The van der Waals surface area contributed by atoms with Gasteiger partial charge < -0.3 is 0 Å². The lowest BCUT2D eigenvalue weighted by molar-refractivity contribution is 0.689. The van der Waals surface area contributed by atoms with Crippen LogP contribution in [0.4, 0.5) is 0 Å². The Kier molecular flexibility index (Phi) is 4.17. The molecular weight excluding hydrogens is 302 g/mol. The summed E-state index contributed by atoms with van der Waals surface area (Å²) in [4.78, 5) is 19.8. The molecule has 2 aromatic heterocycles. The van der Waals surface area contributed by atoms with Crippen LogP contribution in [0.25, 0.3) is 10.2 Å². The molecule has 0 saturated carbocycles. The van der Waals surface area contributed by atoms with Gasteiger partial charge in [0, 0.05) is 10.6 Å². The van der Waals surface area contributed by atoms with Gasteiger partial charge in [-0.1, -0.05) is 18.7 Å². The summed E-state index contributed by atoms with van der Waals surface area (Å²) >= 11 is 3.16. The normalized spacial score (nSPS) is 15.5. The van der Waals surface area contributed by atoms with Crippen molar-refractivity contribution >= 4 is 39.0 Å². The predicted molar refractivity (Wildman–Crippen MR) is 91.1 cm³/mol. The van der Waals surface area contributed by atoms with Gasteiger partial charge in [-0.15, -0.1) is 11.3 Å². The third kappa shape index (κ3) is 2.55. The van der Waals surface area contributed by atoms with E-state index in [2.05, 4.69) is 10.1 Å². The summed E-state index contributed by atoms with van der Waals surface area (Å²) in [6, 6.07) is 0.